The molecule has 1 heterocycles. The van der Waals surface area contributed by atoms with E-state index in [2.05, 4.69) is 105 Å². The van der Waals surface area contributed by atoms with Crippen LogP contribution in [0.5, 0.6) is 11.5 Å². The van der Waals surface area contributed by atoms with Crippen molar-refractivity contribution in [2.75, 3.05) is 23.9 Å². The highest BCUT2D eigenvalue weighted by Crippen LogP contribution is 2.56. The van der Waals surface area contributed by atoms with Gasteiger partial charge in [0.15, 0.2) is 11.6 Å². The van der Waals surface area contributed by atoms with Crippen molar-refractivity contribution < 1.29 is 23.9 Å². The van der Waals surface area contributed by atoms with Crippen LogP contribution in [0.1, 0.15) is 87.7 Å². The van der Waals surface area contributed by atoms with Crippen molar-refractivity contribution in [2.45, 2.75) is 32.1 Å². The van der Waals surface area contributed by atoms with Crippen molar-refractivity contribution in [3.63, 3.8) is 0 Å². The van der Waals surface area contributed by atoms with Crippen LogP contribution in [0, 0.1) is 13.8 Å². The maximum absolute atomic E-state index is 14.1. The van der Waals surface area contributed by atoms with E-state index in [4.69, 9.17) is 4.74 Å². The summed E-state index contributed by atoms with van der Waals surface area (Å²) in [7, 11) is 4.10. The molecule has 264 valence electrons. The smallest absolute Gasteiger partial charge is 0.266 e. The third-order valence-corrected chi connectivity index (χ3v) is 11.2. The first-order valence-electron chi connectivity index (χ1n) is 18.1. The molecule has 2 aliphatic carbocycles. The summed E-state index contributed by atoms with van der Waals surface area (Å²) in [6, 6.07) is 39.5. The number of amides is 2. The molecule has 0 spiro atoms. The minimum Gasteiger partial charge on any atom is -0.457 e. The van der Waals surface area contributed by atoms with Gasteiger partial charge in [0.2, 0.25) is 0 Å². The van der Waals surface area contributed by atoms with E-state index < -0.39 is 17.2 Å². The third-order valence-electron chi connectivity index (χ3n) is 11.2. The van der Waals surface area contributed by atoms with Gasteiger partial charge in [-0.3, -0.25) is 19.2 Å². The molecule has 9 rings (SSSR count). The monoisotopic (exact) mass is 708 g/mol. The second-order valence-corrected chi connectivity index (χ2v) is 14.5. The molecule has 6 aromatic rings. The Bertz CT molecular complexity index is 2590. The Balaban J connectivity index is 1.10. The molecule has 0 saturated carbocycles. The topological polar surface area (TPSA) is 84.0 Å². The van der Waals surface area contributed by atoms with Crippen LogP contribution in [0.25, 0.3) is 11.1 Å². The molecule has 0 fully saturated rings. The summed E-state index contributed by atoms with van der Waals surface area (Å²) in [6.45, 7) is 4.09. The number of Topliss-reactive ketones (excluding diaryl/α,β-unsaturated/α-hetero) is 2. The maximum atomic E-state index is 14.1. The minimum atomic E-state index is -0.644. The SMILES string of the molecule is Cc1cc(C2(c3ccc(N4C(=O)c5ccc(Oc6ccc7c(c6)C(=O)CCC7=O)cc5C4=O)c(C)c3)c3ccccc3-c3ccccc32)ccc1N(C)C. The summed E-state index contributed by atoms with van der Waals surface area (Å²) in [5.41, 5.74) is 11.1. The molecule has 0 radical (unpaired) electrons. The molecule has 0 aromatic heterocycles. The number of hydrogen-bond donors (Lipinski definition) is 0. The van der Waals surface area contributed by atoms with E-state index >= 15 is 0 Å². The van der Waals surface area contributed by atoms with Gasteiger partial charge in [0.05, 0.1) is 22.2 Å². The molecule has 0 saturated heterocycles. The Labute approximate surface area is 313 Å². The molecule has 3 aliphatic rings. The highest BCUT2D eigenvalue weighted by molar-refractivity contribution is 6.34. The predicted molar refractivity (Wildman–Crippen MR) is 210 cm³/mol. The van der Waals surface area contributed by atoms with Crippen molar-refractivity contribution in [1.29, 1.82) is 0 Å². The van der Waals surface area contributed by atoms with Gasteiger partial charge in [-0.2, -0.15) is 0 Å². The largest absolute Gasteiger partial charge is 0.457 e. The normalized spacial score (nSPS) is 15.1. The molecular formula is C47H36N2O5. The zero-order valence-corrected chi connectivity index (χ0v) is 30.4. The first-order valence-corrected chi connectivity index (χ1v) is 18.1. The number of anilines is 2. The van der Waals surface area contributed by atoms with Crippen LogP contribution in [0.4, 0.5) is 11.4 Å². The Morgan fingerprint density at radius 2 is 1.07 bits per heavy atom. The number of ether oxygens (including phenoxy) is 1. The third kappa shape index (κ3) is 4.81. The van der Waals surface area contributed by atoms with E-state index in [0.717, 1.165) is 27.9 Å². The molecule has 6 aromatic carbocycles. The minimum absolute atomic E-state index is 0.0667. The first kappa shape index (κ1) is 33.3. The lowest BCUT2D eigenvalue weighted by Gasteiger charge is -2.35. The Hall–Kier alpha value is -6.60. The highest BCUT2D eigenvalue weighted by Gasteiger charge is 2.47. The van der Waals surface area contributed by atoms with Crippen LogP contribution in [0.3, 0.4) is 0 Å². The van der Waals surface area contributed by atoms with Gasteiger partial charge >= 0.3 is 0 Å². The zero-order chi connectivity index (χ0) is 37.5. The Morgan fingerprint density at radius 3 is 1.69 bits per heavy atom. The molecule has 0 N–H and O–H groups in total. The van der Waals surface area contributed by atoms with Crippen LogP contribution in [-0.2, 0) is 5.41 Å². The lowest BCUT2D eigenvalue weighted by molar-refractivity contribution is 0.0890. The fourth-order valence-corrected chi connectivity index (χ4v) is 8.75. The highest BCUT2D eigenvalue weighted by atomic mass is 16.5. The summed E-state index contributed by atoms with van der Waals surface area (Å²) >= 11 is 0. The van der Waals surface area contributed by atoms with E-state index in [-0.39, 0.29) is 35.5 Å². The van der Waals surface area contributed by atoms with Crippen LogP contribution in [0.2, 0.25) is 0 Å². The average molecular weight is 709 g/mol. The summed E-state index contributed by atoms with van der Waals surface area (Å²) in [5, 5.41) is 0. The Morgan fingerprint density at radius 1 is 0.537 bits per heavy atom. The fourth-order valence-electron chi connectivity index (χ4n) is 8.75. The lowest BCUT2D eigenvalue weighted by atomic mass is 9.67. The standard InChI is InChI=1S/C47H36N2O5/c1-27-23-29(13-19-41(27)48(3)4)47(39-11-7-5-9-33(39)34-10-6-8-12-40(34)47)30-14-20-42(28(2)24-30)49-45(52)36-18-16-32(26-38(36)46(49)53)54-31-15-17-35-37(25-31)44(51)22-21-43(35)50/h5-20,23-26H,21-22H2,1-4H3. The summed E-state index contributed by atoms with van der Waals surface area (Å²) in [4.78, 5) is 56.2. The molecular weight excluding hydrogens is 673 g/mol. The van der Waals surface area contributed by atoms with E-state index in [0.29, 0.717) is 28.3 Å². The number of carbonyl (C=O) groups excluding carboxylic acids is 4. The van der Waals surface area contributed by atoms with Crippen molar-refractivity contribution >= 4 is 34.8 Å². The van der Waals surface area contributed by atoms with Gasteiger partial charge in [0.1, 0.15) is 11.5 Å². The maximum Gasteiger partial charge on any atom is 0.266 e. The number of imide groups is 1. The van der Waals surface area contributed by atoms with Gasteiger partial charge in [0, 0.05) is 43.8 Å². The van der Waals surface area contributed by atoms with E-state index in [1.807, 2.05) is 13.0 Å². The molecule has 54 heavy (non-hydrogen) atoms. The van der Waals surface area contributed by atoms with E-state index in [1.54, 1.807) is 36.4 Å². The molecule has 7 nitrogen and oxygen atoms in total. The van der Waals surface area contributed by atoms with Crippen molar-refractivity contribution in [1.82, 2.24) is 0 Å². The summed E-state index contributed by atoms with van der Waals surface area (Å²) < 4.78 is 6.07. The first-order chi connectivity index (χ1) is 26.1. The Kier molecular flexibility index (Phi) is 7.54. The van der Waals surface area contributed by atoms with Gasteiger partial charge in [-0.05, 0) is 107 Å². The van der Waals surface area contributed by atoms with Gasteiger partial charge in [0.25, 0.3) is 11.8 Å². The number of nitrogens with zero attached hydrogens (tertiary/aromatic N) is 2. The zero-order valence-electron chi connectivity index (χ0n) is 30.4. The van der Waals surface area contributed by atoms with Crippen LogP contribution >= 0.6 is 0 Å². The van der Waals surface area contributed by atoms with Crippen molar-refractivity contribution in [3.8, 4) is 22.6 Å². The number of hydrogen-bond acceptors (Lipinski definition) is 6. The quantitative estimate of drug-likeness (QED) is 0.160. The molecule has 0 bridgehead atoms. The fraction of sp³-hybridized carbons (Fsp3) is 0.149. The summed E-state index contributed by atoms with van der Waals surface area (Å²) in [5.74, 6) is -0.309. The number of ketones is 2. The number of benzene rings is 6. The van der Waals surface area contributed by atoms with Crippen molar-refractivity contribution in [3.05, 3.63) is 177 Å². The second kappa shape index (κ2) is 12.2. The molecule has 2 amide bonds. The second-order valence-electron chi connectivity index (χ2n) is 14.5. The van der Waals surface area contributed by atoms with Crippen LogP contribution < -0.4 is 14.5 Å². The number of carbonyl (C=O) groups is 4. The lowest BCUT2D eigenvalue weighted by Crippen LogP contribution is -2.31. The van der Waals surface area contributed by atoms with Crippen LogP contribution in [0.15, 0.2) is 121 Å². The van der Waals surface area contributed by atoms with E-state index in [9.17, 15) is 19.2 Å². The number of rotatable bonds is 6. The number of aryl methyl sites for hydroxylation is 2. The molecule has 0 atom stereocenters. The van der Waals surface area contributed by atoms with Gasteiger partial charge in [-0.1, -0.05) is 72.8 Å². The van der Waals surface area contributed by atoms with Crippen molar-refractivity contribution in [2.24, 2.45) is 0 Å². The molecule has 0 unspecified atom stereocenters. The molecule has 1 aliphatic heterocycles. The van der Waals surface area contributed by atoms with Gasteiger partial charge in [-0.15, -0.1) is 0 Å². The van der Waals surface area contributed by atoms with Gasteiger partial charge < -0.3 is 9.64 Å². The van der Waals surface area contributed by atoms with Crippen LogP contribution in [-0.4, -0.2) is 37.5 Å². The predicted octanol–water partition coefficient (Wildman–Crippen LogP) is 9.48. The summed E-state index contributed by atoms with van der Waals surface area (Å²) in [6.07, 6.45) is 0.380. The number of fused-ring (bicyclic) bond motifs is 5. The van der Waals surface area contributed by atoms with Gasteiger partial charge in [-0.25, -0.2) is 4.90 Å². The molecule has 7 heteroatoms. The average Bonchev–Trinajstić information content (AvgIpc) is 3.61. The van der Waals surface area contributed by atoms with E-state index in [1.165, 1.54) is 27.2 Å².